The second-order valence-electron chi connectivity index (χ2n) is 6.64. The van der Waals surface area contributed by atoms with Gasteiger partial charge in [0, 0.05) is 30.9 Å². The number of carbonyl (C=O) groups excluding carboxylic acids is 1. The molecular weight excluding hydrogens is 328 g/mol. The molecule has 5 heteroatoms. The van der Waals surface area contributed by atoms with Gasteiger partial charge in [0.05, 0.1) is 5.56 Å². The first-order chi connectivity index (χ1) is 12.6. The number of likely N-dealkylation sites (tertiary alicyclic amines) is 1. The Morgan fingerprint density at radius 1 is 0.923 bits per heavy atom. The van der Waals surface area contributed by atoms with Gasteiger partial charge in [-0.05, 0) is 54.8 Å². The molecule has 2 N–H and O–H groups in total. The molecule has 0 aliphatic carbocycles. The van der Waals surface area contributed by atoms with E-state index >= 15 is 0 Å². The first kappa shape index (κ1) is 18.0. The average molecular weight is 352 g/mol. The summed E-state index contributed by atoms with van der Waals surface area (Å²) in [4.78, 5) is 25.6. The number of hydrogen-bond donors (Lipinski definition) is 2. The van der Waals surface area contributed by atoms with Crippen molar-refractivity contribution in [3.63, 3.8) is 0 Å². The van der Waals surface area contributed by atoms with E-state index in [-0.39, 0.29) is 11.5 Å². The summed E-state index contributed by atoms with van der Waals surface area (Å²) in [5, 5.41) is 12.3. The summed E-state index contributed by atoms with van der Waals surface area (Å²) in [5.74, 6) is -0.823. The first-order valence-corrected chi connectivity index (χ1v) is 9.09. The highest BCUT2D eigenvalue weighted by Crippen LogP contribution is 2.16. The number of rotatable bonds is 5. The Kier molecular flexibility index (Phi) is 5.89. The predicted molar refractivity (Wildman–Crippen MR) is 102 cm³/mol. The molecule has 136 valence electrons. The Bertz CT molecular complexity index is 763. The normalized spacial score (nSPS) is 14.5. The molecule has 1 aliphatic rings. The summed E-state index contributed by atoms with van der Waals surface area (Å²) in [7, 11) is 0. The lowest BCUT2D eigenvalue weighted by Gasteiger charge is -2.20. The van der Waals surface area contributed by atoms with Crippen LogP contribution in [0.2, 0.25) is 0 Å². The number of benzene rings is 2. The number of aromatic carboxylic acids is 1. The average Bonchev–Trinajstić information content (AvgIpc) is 2.96. The summed E-state index contributed by atoms with van der Waals surface area (Å²) in [6, 6.07) is 14.4. The minimum Gasteiger partial charge on any atom is -0.478 e. The van der Waals surface area contributed by atoms with Gasteiger partial charge in [-0.2, -0.15) is 0 Å². The zero-order chi connectivity index (χ0) is 18.4. The van der Waals surface area contributed by atoms with E-state index in [1.165, 1.54) is 12.8 Å². The summed E-state index contributed by atoms with van der Waals surface area (Å²) in [6.07, 6.45) is 4.58. The van der Waals surface area contributed by atoms with Crippen LogP contribution < -0.4 is 5.32 Å². The molecule has 3 rings (SSSR count). The molecule has 2 aromatic carbocycles. The summed E-state index contributed by atoms with van der Waals surface area (Å²) in [6.45, 7) is 2.22. The monoisotopic (exact) mass is 352 g/mol. The van der Waals surface area contributed by atoms with Crippen LogP contribution in [0.5, 0.6) is 0 Å². The fraction of sp³-hybridized carbons (Fsp3) is 0.333. The lowest BCUT2D eigenvalue weighted by Crippen LogP contribution is -2.31. The van der Waals surface area contributed by atoms with E-state index in [1.807, 2.05) is 35.2 Å². The van der Waals surface area contributed by atoms with Crippen LogP contribution in [0.3, 0.4) is 0 Å². The number of nitrogens with one attached hydrogen (secondary N) is 1. The predicted octanol–water partition coefficient (Wildman–Crippen LogP) is 4.01. The van der Waals surface area contributed by atoms with E-state index in [2.05, 4.69) is 5.32 Å². The molecule has 0 aromatic heterocycles. The quantitative estimate of drug-likeness (QED) is 0.853. The van der Waals surface area contributed by atoms with Gasteiger partial charge >= 0.3 is 5.97 Å². The second kappa shape index (κ2) is 8.52. The van der Waals surface area contributed by atoms with Crippen molar-refractivity contribution in [2.24, 2.45) is 0 Å². The highest BCUT2D eigenvalue weighted by Gasteiger charge is 2.16. The lowest BCUT2D eigenvalue weighted by atomic mass is 10.1. The largest absolute Gasteiger partial charge is 0.478 e. The molecule has 26 heavy (non-hydrogen) atoms. The second-order valence-corrected chi connectivity index (χ2v) is 6.64. The van der Waals surface area contributed by atoms with Crippen LogP contribution in [-0.4, -0.2) is 35.0 Å². The minimum atomic E-state index is -0.928. The fourth-order valence-electron chi connectivity index (χ4n) is 3.21. The lowest BCUT2D eigenvalue weighted by molar-refractivity contribution is 0.0695. The van der Waals surface area contributed by atoms with Crippen LogP contribution in [0.25, 0.3) is 0 Å². The topological polar surface area (TPSA) is 69.6 Å². The molecule has 2 aromatic rings. The Balaban J connectivity index is 1.60. The Morgan fingerprint density at radius 2 is 1.62 bits per heavy atom. The van der Waals surface area contributed by atoms with Crippen LogP contribution >= 0.6 is 0 Å². The van der Waals surface area contributed by atoms with Crippen molar-refractivity contribution in [2.75, 3.05) is 18.4 Å². The van der Waals surface area contributed by atoms with E-state index in [4.69, 9.17) is 5.11 Å². The van der Waals surface area contributed by atoms with Crippen molar-refractivity contribution >= 4 is 17.6 Å². The molecule has 1 saturated heterocycles. The van der Waals surface area contributed by atoms with E-state index < -0.39 is 5.97 Å². The molecule has 0 spiro atoms. The van der Waals surface area contributed by atoms with Crippen molar-refractivity contribution < 1.29 is 14.7 Å². The van der Waals surface area contributed by atoms with Gasteiger partial charge in [0.25, 0.3) is 5.91 Å². The highest BCUT2D eigenvalue weighted by molar-refractivity contribution is 5.94. The van der Waals surface area contributed by atoms with Gasteiger partial charge in [0.15, 0.2) is 0 Å². The first-order valence-electron chi connectivity index (χ1n) is 9.09. The van der Waals surface area contributed by atoms with E-state index in [0.717, 1.165) is 37.2 Å². The maximum atomic E-state index is 12.6. The van der Waals surface area contributed by atoms with Gasteiger partial charge in [-0.15, -0.1) is 0 Å². The molecule has 0 bridgehead atoms. The third kappa shape index (κ3) is 4.63. The smallest absolute Gasteiger partial charge is 0.335 e. The molecule has 5 nitrogen and oxygen atoms in total. The van der Waals surface area contributed by atoms with Crippen LogP contribution in [-0.2, 0) is 6.54 Å². The molecule has 0 atom stereocenters. The Hall–Kier alpha value is -2.82. The van der Waals surface area contributed by atoms with Crippen molar-refractivity contribution in [3.05, 3.63) is 65.2 Å². The van der Waals surface area contributed by atoms with Crippen LogP contribution in [0, 0.1) is 0 Å². The van der Waals surface area contributed by atoms with Crippen molar-refractivity contribution in [1.82, 2.24) is 4.90 Å². The van der Waals surface area contributed by atoms with Crippen molar-refractivity contribution in [1.29, 1.82) is 0 Å². The molecule has 1 aliphatic heterocycles. The van der Waals surface area contributed by atoms with Gasteiger partial charge < -0.3 is 15.3 Å². The standard InChI is InChI=1S/C21H24N2O3/c24-20(23-12-3-1-2-4-13-23)17-8-10-19(11-9-17)22-15-16-6-5-7-18(14-16)21(25)26/h5-11,14,22H,1-4,12-13,15H2,(H,25,26). The highest BCUT2D eigenvalue weighted by atomic mass is 16.4. The number of nitrogens with zero attached hydrogens (tertiary/aromatic N) is 1. The molecule has 0 saturated carbocycles. The SMILES string of the molecule is O=C(O)c1cccc(CNc2ccc(C(=O)N3CCCCCC3)cc2)c1. The van der Waals surface area contributed by atoms with Crippen molar-refractivity contribution in [2.45, 2.75) is 32.2 Å². The summed E-state index contributed by atoms with van der Waals surface area (Å²) in [5.41, 5.74) is 2.79. The number of carbonyl (C=O) groups is 2. The number of carboxylic acids is 1. The fourth-order valence-corrected chi connectivity index (χ4v) is 3.21. The minimum absolute atomic E-state index is 0.104. The van der Waals surface area contributed by atoms with Gasteiger partial charge in [-0.3, -0.25) is 4.79 Å². The third-order valence-electron chi connectivity index (χ3n) is 4.70. The Morgan fingerprint density at radius 3 is 2.27 bits per heavy atom. The molecular formula is C21H24N2O3. The maximum absolute atomic E-state index is 12.6. The van der Waals surface area contributed by atoms with Crippen LogP contribution in [0.15, 0.2) is 48.5 Å². The molecule has 1 heterocycles. The third-order valence-corrected chi connectivity index (χ3v) is 4.70. The Labute approximate surface area is 153 Å². The van der Waals surface area contributed by atoms with E-state index in [9.17, 15) is 9.59 Å². The van der Waals surface area contributed by atoms with E-state index in [0.29, 0.717) is 12.1 Å². The molecule has 1 fully saturated rings. The molecule has 0 radical (unpaired) electrons. The maximum Gasteiger partial charge on any atom is 0.335 e. The number of hydrogen-bond acceptors (Lipinski definition) is 3. The molecule has 0 unspecified atom stereocenters. The summed E-state index contributed by atoms with van der Waals surface area (Å²) < 4.78 is 0. The summed E-state index contributed by atoms with van der Waals surface area (Å²) >= 11 is 0. The van der Waals surface area contributed by atoms with Crippen LogP contribution in [0.1, 0.15) is 52.0 Å². The van der Waals surface area contributed by atoms with Crippen molar-refractivity contribution in [3.8, 4) is 0 Å². The number of carboxylic acid groups (broad SMARTS) is 1. The van der Waals surface area contributed by atoms with Gasteiger partial charge in [0.2, 0.25) is 0 Å². The zero-order valence-corrected chi connectivity index (χ0v) is 14.8. The number of anilines is 1. The number of amides is 1. The van der Waals surface area contributed by atoms with E-state index in [1.54, 1.807) is 18.2 Å². The van der Waals surface area contributed by atoms with Gasteiger partial charge in [-0.25, -0.2) is 4.79 Å². The molecule has 1 amide bonds. The zero-order valence-electron chi connectivity index (χ0n) is 14.8. The van der Waals surface area contributed by atoms with Crippen LogP contribution in [0.4, 0.5) is 5.69 Å². The van der Waals surface area contributed by atoms with Gasteiger partial charge in [-0.1, -0.05) is 25.0 Å². The van der Waals surface area contributed by atoms with Gasteiger partial charge in [0.1, 0.15) is 0 Å².